The molecule has 2 atom stereocenters. The van der Waals surface area contributed by atoms with E-state index in [1.807, 2.05) is 23.5 Å². The van der Waals surface area contributed by atoms with Crippen molar-refractivity contribution < 1.29 is 5.11 Å². The van der Waals surface area contributed by atoms with Crippen LogP contribution in [0, 0.1) is 0 Å². The van der Waals surface area contributed by atoms with Crippen LogP contribution in [0.1, 0.15) is 42.2 Å². The van der Waals surface area contributed by atoms with E-state index < -0.39 is 0 Å². The van der Waals surface area contributed by atoms with Gasteiger partial charge in [-0.2, -0.15) is 0 Å². The highest BCUT2D eigenvalue weighted by Gasteiger charge is 2.22. The van der Waals surface area contributed by atoms with Crippen LogP contribution in [0.5, 0.6) is 5.75 Å². The monoisotopic (exact) mass is 315 g/mol. The first kappa shape index (κ1) is 15.6. The van der Waals surface area contributed by atoms with Crippen molar-refractivity contribution in [1.82, 2.24) is 5.32 Å². The third kappa shape index (κ3) is 3.71. The van der Waals surface area contributed by atoms with Crippen molar-refractivity contribution in [2.45, 2.75) is 57.5 Å². The Morgan fingerprint density at radius 2 is 2.23 bits per heavy atom. The smallest absolute Gasteiger partial charge is 0.119 e. The molecule has 1 aromatic carbocycles. The third-order valence-corrected chi connectivity index (χ3v) is 5.49. The Kier molecular flexibility index (Phi) is 5.16. The van der Waals surface area contributed by atoms with Gasteiger partial charge in [-0.05, 0) is 60.7 Å². The maximum Gasteiger partial charge on any atom is 0.119 e. The van der Waals surface area contributed by atoms with Gasteiger partial charge in [0.25, 0.3) is 0 Å². The van der Waals surface area contributed by atoms with E-state index in [4.69, 9.17) is 0 Å². The first-order valence-electron chi connectivity index (χ1n) is 8.34. The van der Waals surface area contributed by atoms with Gasteiger partial charge in [-0.3, -0.25) is 0 Å². The van der Waals surface area contributed by atoms with Crippen LogP contribution in [-0.2, 0) is 19.3 Å². The fourth-order valence-corrected chi connectivity index (χ4v) is 4.31. The van der Waals surface area contributed by atoms with Gasteiger partial charge in [0.15, 0.2) is 0 Å². The normalized spacial score (nSPS) is 18.9. The lowest BCUT2D eigenvalue weighted by molar-refractivity contribution is 0.370. The van der Waals surface area contributed by atoms with Crippen LogP contribution >= 0.6 is 11.3 Å². The van der Waals surface area contributed by atoms with Crippen LogP contribution in [0.25, 0.3) is 0 Å². The van der Waals surface area contributed by atoms with E-state index in [0.717, 1.165) is 31.2 Å². The molecule has 2 N–H and O–H groups in total. The highest BCUT2D eigenvalue weighted by molar-refractivity contribution is 7.09. The summed E-state index contributed by atoms with van der Waals surface area (Å²) >= 11 is 1.86. The Bertz CT molecular complexity index is 593. The van der Waals surface area contributed by atoms with Crippen LogP contribution in [0.2, 0.25) is 0 Å². The summed E-state index contributed by atoms with van der Waals surface area (Å²) in [4.78, 5) is 1.47. The number of aromatic hydroxyl groups is 1. The second-order valence-corrected chi connectivity index (χ2v) is 7.32. The molecule has 1 aliphatic rings. The number of nitrogens with one attached hydrogen (secondary N) is 1. The lowest BCUT2D eigenvalue weighted by atomic mass is 9.87. The molecule has 22 heavy (non-hydrogen) atoms. The first-order valence-corrected chi connectivity index (χ1v) is 9.22. The number of rotatable bonds is 6. The zero-order valence-electron chi connectivity index (χ0n) is 13.2. The van der Waals surface area contributed by atoms with E-state index in [0.29, 0.717) is 17.8 Å². The zero-order chi connectivity index (χ0) is 15.4. The summed E-state index contributed by atoms with van der Waals surface area (Å²) in [5.74, 6) is 0.472. The summed E-state index contributed by atoms with van der Waals surface area (Å²) in [5, 5.41) is 16.0. The third-order valence-electron chi connectivity index (χ3n) is 4.59. The largest absolute Gasteiger partial charge is 0.508 e. The molecular formula is C19H25NOS. The van der Waals surface area contributed by atoms with Gasteiger partial charge in [-0.1, -0.05) is 31.5 Å². The summed E-state index contributed by atoms with van der Waals surface area (Å²) in [6.45, 7) is 2.26. The van der Waals surface area contributed by atoms with Crippen molar-refractivity contribution in [2.75, 3.05) is 0 Å². The van der Waals surface area contributed by atoms with Crippen LogP contribution in [0.4, 0.5) is 0 Å². The number of phenols is 1. The standard InChI is InChI=1S/C19H25NOS/c1-2-5-15(13-17-7-4-11-22-17)20-16-9-10-18-14(12-16)6-3-8-19(18)21/h3-4,6-8,11,15-16,20-21H,2,5,9-10,12-13H2,1H3. The van der Waals surface area contributed by atoms with Crippen molar-refractivity contribution >= 4 is 11.3 Å². The molecule has 0 saturated carbocycles. The van der Waals surface area contributed by atoms with E-state index in [1.165, 1.54) is 23.3 Å². The summed E-state index contributed by atoms with van der Waals surface area (Å²) in [6, 6.07) is 11.4. The number of fused-ring (bicyclic) bond motifs is 1. The minimum atomic E-state index is 0.472. The fourth-order valence-electron chi connectivity index (χ4n) is 3.53. The highest BCUT2D eigenvalue weighted by Crippen LogP contribution is 2.29. The molecule has 0 aliphatic heterocycles. The number of benzene rings is 1. The number of thiophene rings is 1. The van der Waals surface area contributed by atoms with Gasteiger partial charge >= 0.3 is 0 Å². The van der Waals surface area contributed by atoms with Gasteiger partial charge < -0.3 is 10.4 Å². The average molecular weight is 315 g/mol. The maximum atomic E-state index is 9.96. The quantitative estimate of drug-likeness (QED) is 0.832. The molecule has 2 unspecified atom stereocenters. The molecule has 0 spiro atoms. The van der Waals surface area contributed by atoms with E-state index in [9.17, 15) is 5.11 Å². The molecule has 1 aliphatic carbocycles. The lowest BCUT2D eigenvalue weighted by Gasteiger charge is -2.30. The molecule has 0 bridgehead atoms. The maximum absolute atomic E-state index is 9.96. The zero-order valence-corrected chi connectivity index (χ0v) is 14.0. The Morgan fingerprint density at radius 1 is 1.32 bits per heavy atom. The summed E-state index contributed by atoms with van der Waals surface area (Å²) in [7, 11) is 0. The Morgan fingerprint density at radius 3 is 3.00 bits per heavy atom. The van der Waals surface area contributed by atoms with Gasteiger partial charge in [-0.15, -0.1) is 11.3 Å². The predicted molar refractivity (Wildman–Crippen MR) is 93.8 cm³/mol. The average Bonchev–Trinajstić information content (AvgIpc) is 3.00. The summed E-state index contributed by atoms with van der Waals surface area (Å²) in [5.41, 5.74) is 2.47. The van der Waals surface area contributed by atoms with Crippen molar-refractivity contribution in [1.29, 1.82) is 0 Å². The molecule has 1 aromatic heterocycles. The first-order chi connectivity index (χ1) is 10.8. The molecule has 0 fully saturated rings. The summed E-state index contributed by atoms with van der Waals surface area (Å²) in [6.07, 6.45) is 6.71. The van der Waals surface area contributed by atoms with E-state index >= 15 is 0 Å². The van der Waals surface area contributed by atoms with Gasteiger partial charge in [-0.25, -0.2) is 0 Å². The molecule has 118 valence electrons. The van der Waals surface area contributed by atoms with Crippen LogP contribution < -0.4 is 5.32 Å². The van der Waals surface area contributed by atoms with E-state index in [-0.39, 0.29) is 0 Å². The second kappa shape index (κ2) is 7.30. The molecule has 2 aromatic rings. The number of hydrogen-bond acceptors (Lipinski definition) is 3. The Hall–Kier alpha value is -1.32. The molecule has 3 heteroatoms. The van der Waals surface area contributed by atoms with E-state index in [2.05, 4.69) is 35.8 Å². The Labute approximate surface area is 137 Å². The summed E-state index contributed by atoms with van der Waals surface area (Å²) < 4.78 is 0. The lowest BCUT2D eigenvalue weighted by Crippen LogP contribution is -2.42. The minimum Gasteiger partial charge on any atom is -0.508 e. The molecule has 0 amide bonds. The van der Waals surface area contributed by atoms with E-state index in [1.54, 1.807) is 0 Å². The number of phenolic OH excluding ortho intramolecular Hbond substituents is 1. The molecule has 2 nitrogen and oxygen atoms in total. The topological polar surface area (TPSA) is 32.3 Å². The molecule has 1 heterocycles. The molecule has 0 radical (unpaired) electrons. The number of hydrogen-bond donors (Lipinski definition) is 2. The van der Waals surface area contributed by atoms with Crippen molar-refractivity contribution in [3.8, 4) is 5.75 Å². The fraction of sp³-hybridized carbons (Fsp3) is 0.474. The van der Waals surface area contributed by atoms with Crippen LogP contribution in [0.3, 0.4) is 0 Å². The SMILES string of the molecule is CCCC(Cc1cccs1)NC1CCc2c(O)cccc2C1. The second-order valence-electron chi connectivity index (χ2n) is 6.29. The molecular weight excluding hydrogens is 290 g/mol. The van der Waals surface area contributed by atoms with Crippen molar-refractivity contribution in [3.05, 3.63) is 51.7 Å². The Balaban J connectivity index is 1.64. The predicted octanol–water partition coefficient (Wildman–Crippen LogP) is 4.31. The van der Waals surface area contributed by atoms with Crippen molar-refractivity contribution in [3.63, 3.8) is 0 Å². The van der Waals surface area contributed by atoms with Gasteiger partial charge in [0, 0.05) is 17.0 Å². The van der Waals surface area contributed by atoms with Gasteiger partial charge in [0.1, 0.15) is 5.75 Å². The molecule has 0 saturated heterocycles. The highest BCUT2D eigenvalue weighted by atomic mass is 32.1. The van der Waals surface area contributed by atoms with Crippen LogP contribution in [0.15, 0.2) is 35.7 Å². The van der Waals surface area contributed by atoms with Crippen molar-refractivity contribution in [2.24, 2.45) is 0 Å². The van der Waals surface area contributed by atoms with Gasteiger partial charge in [0.05, 0.1) is 0 Å². The minimum absolute atomic E-state index is 0.472. The van der Waals surface area contributed by atoms with Gasteiger partial charge in [0.2, 0.25) is 0 Å². The van der Waals surface area contributed by atoms with Crippen LogP contribution in [-0.4, -0.2) is 17.2 Å². The molecule has 3 rings (SSSR count).